The average molecular weight is 459 g/mol. The lowest BCUT2D eigenvalue weighted by atomic mass is 9.94. The van der Waals surface area contributed by atoms with Gasteiger partial charge in [0.2, 0.25) is 0 Å². The second-order valence-electron chi connectivity index (χ2n) is 5.53. The smallest absolute Gasteiger partial charge is 0.143 e. The quantitative estimate of drug-likeness (QED) is 0.243. The van der Waals surface area contributed by atoms with E-state index in [9.17, 15) is 0 Å². The van der Waals surface area contributed by atoms with Crippen molar-refractivity contribution in [3.63, 3.8) is 0 Å². The summed E-state index contributed by atoms with van der Waals surface area (Å²) in [6.07, 6.45) is 0. The number of aliphatic hydroxyl groups excluding tert-OH is 6. The zero-order valence-electron chi connectivity index (χ0n) is 13.3. The molecule has 0 rings (SSSR count). The first-order valence-corrected chi connectivity index (χ1v) is 6.75. The molecule has 0 aromatic rings. The van der Waals surface area contributed by atoms with Crippen LogP contribution < -0.4 is 0 Å². The molecule has 0 aliphatic carbocycles. The fourth-order valence-corrected chi connectivity index (χ4v) is 1.15. The van der Waals surface area contributed by atoms with Crippen LogP contribution in [0.15, 0.2) is 0 Å². The summed E-state index contributed by atoms with van der Waals surface area (Å²) < 4.78 is 14.5. The summed E-state index contributed by atoms with van der Waals surface area (Å²) in [6.45, 7) is 2.40. The van der Waals surface area contributed by atoms with E-state index in [2.05, 4.69) is 0 Å². The first-order chi connectivity index (χ1) is 10.4. The van der Waals surface area contributed by atoms with Crippen LogP contribution in [0.3, 0.4) is 0 Å². The summed E-state index contributed by atoms with van der Waals surface area (Å²) >= 11 is 0. The molecule has 0 aromatic carbocycles. The van der Waals surface area contributed by atoms with Crippen LogP contribution in [0.2, 0.25) is 0 Å². The average Bonchev–Trinajstić information content (AvgIpc) is 2.56. The minimum Gasteiger partial charge on any atom is -0.396 e. The van der Waals surface area contributed by atoms with Gasteiger partial charge in [0.15, 0.2) is 0 Å². The second kappa shape index (κ2) is 39.2. The van der Waals surface area contributed by atoms with Crippen molar-refractivity contribution in [1.29, 1.82) is 0 Å². The Balaban J connectivity index is -0.0000000283. The third kappa shape index (κ3) is 35.1. The van der Waals surface area contributed by atoms with Gasteiger partial charge in [0.25, 0.3) is 0 Å². The van der Waals surface area contributed by atoms with E-state index in [-0.39, 0.29) is 119 Å². The molecule has 6 N–H and O–H groups in total. The van der Waals surface area contributed by atoms with Gasteiger partial charge in [-0.2, -0.15) is 0 Å². The molecule has 0 fully saturated rings. The Hall–Kier alpha value is -0.360. The maximum absolute atomic E-state index is 8.48. The van der Waals surface area contributed by atoms with Crippen LogP contribution in [0.25, 0.3) is 0 Å². The molecule has 9 heteroatoms. The van der Waals surface area contributed by atoms with E-state index in [4.69, 9.17) is 44.8 Å². The highest BCUT2D eigenvalue weighted by molar-refractivity contribution is 4.72. The van der Waals surface area contributed by atoms with Crippen molar-refractivity contribution in [2.24, 2.45) is 10.8 Å². The van der Waals surface area contributed by atoms with Gasteiger partial charge in [0.05, 0.1) is 39.6 Å². The second-order valence-corrected chi connectivity index (χ2v) is 5.53. The lowest BCUT2D eigenvalue weighted by Crippen LogP contribution is -2.34. The first kappa shape index (κ1) is 63.0. The number of aliphatic hydroxyl groups is 6. The maximum Gasteiger partial charge on any atom is 0.143 e. The van der Waals surface area contributed by atoms with E-state index in [1.54, 1.807) is 13.8 Å². The number of hydrogen-bond acceptors (Lipinski definition) is 9. The Labute approximate surface area is 189 Å². The molecule has 0 aromatic heterocycles. The van der Waals surface area contributed by atoms with Crippen LogP contribution in [0, 0.1) is 10.8 Å². The highest BCUT2D eigenvalue weighted by Crippen LogP contribution is 2.17. The van der Waals surface area contributed by atoms with Crippen molar-refractivity contribution in [2.45, 2.75) is 73.3 Å². The zero-order valence-corrected chi connectivity index (χ0v) is 13.3. The molecule has 0 aliphatic rings. The van der Waals surface area contributed by atoms with Crippen LogP contribution in [-0.4, -0.2) is 90.7 Å². The Bertz CT molecular complexity index is 208. The molecule has 0 bridgehead atoms. The summed E-state index contributed by atoms with van der Waals surface area (Å²) in [5.41, 5.74) is -1.20. The van der Waals surface area contributed by atoms with Crippen molar-refractivity contribution in [3.05, 3.63) is 0 Å². The molecule has 30 heavy (non-hydrogen) atoms. The first-order valence-electron chi connectivity index (χ1n) is 6.75. The van der Waals surface area contributed by atoms with E-state index in [1.807, 2.05) is 0 Å². The van der Waals surface area contributed by atoms with Gasteiger partial charge in [0, 0.05) is 10.8 Å². The lowest BCUT2D eigenvalue weighted by molar-refractivity contribution is -0.126. The van der Waals surface area contributed by atoms with Crippen molar-refractivity contribution in [3.8, 4) is 0 Å². The van der Waals surface area contributed by atoms with Gasteiger partial charge in [-0.3, -0.25) is 0 Å². The Morgan fingerprint density at radius 2 is 0.633 bits per heavy atom. The number of hydrogen-bond donors (Lipinski definition) is 6. The van der Waals surface area contributed by atoms with Gasteiger partial charge in [-0.1, -0.05) is 73.3 Å². The van der Waals surface area contributed by atoms with Gasteiger partial charge in [-0.05, 0) is 0 Å². The van der Waals surface area contributed by atoms with Crippen LogP contribution in [0.1, 0.15) is 73.3 Å². The third-order valence-electron chi connectivity index (χ3n) is 2.77. The highest BCUT2D eigenvalue weighted by Gasteiger charge is 2.25. The van der Waals surface area contributed by atoms with Crippen LogP contribution in [0.5, 0.6) is 0 Å². The molecule has 0 unspecified atom stereocenters. The van der Waals surface area contributed by atoms with Crippen molar-refractivity contribution in [1.82, 2.24) is 0 Å². The lowest BCUT2D eigenvalue weighted by Gasteiger charge is -2.27. The van der Waals surface area contributed by atoms with Gasteiger partial charge in [-0.15, -0.1) is 0 Å². The van der Waals surface area contributed by atoms with Crippen molar-refractivity contribution in [2.75, 3.05) is 60.0 Å². The Morgan fingerprint density at radius 3 is 0.733 bits per heavy atom. The van der Waals surface area contributed by atoms with Crippen LogP contribution >= 0.6 is 0 Å². The molecular weight excluding hydrogens is 396 g/mol. The highest BCUT2D eigenvalue weighted by atomic mass is 16.6. The molecular formula is C21H62O9. The summed E-state index contributed by atoms with van der Waals surface area (Å²) in [6, 6.07) is 0. The summed E-state index contributed by atoms with van der Waals surface area (Å²) in [7, 11) is 0. The molecule has 0 heterocycles. The Kier molecular flexibility index (Phi) is 82.3. The zero-order chi connectivity index (χ0) is 17.5. The largest absolute Gasteiger partial charge is 0.396 e. The fraction of sp³-hybridized carbons (Fsp3) is 1.00. The minimum absolute atomic E-state index is 0. The predicted molar refractivity (Wildman–Crippen MR) is 130 cm³/mol. The van der Waals surface area contributed by atoms with Crippen molar-refractivity contribution < 1.29 is 44.8 Å². The third-order valence-corrected chi connectivity index (χ3v) is 2.77. The van der Waals surface area contributed by atoms with E-state index in [0.717, 1.165) is 0 Å². The van der Waals surface area contributed by atoms with E-state index in [1.165, 1.54) is 0 Å². The van der Waals surface area contributed by atoms with Crippen LogP contribution in [-0.2, 0) is 14.2 Å². The maximum atomic E-state index is 8.48. The Morgan fingerprint density at radius 1 is 0.433 bits per heavy atom. The molecule has 0 atom stereocenters. The number of ether oxygens (including phenoxy) is 3. The SMILES string of the molecule is C.C.C.C.C.C.C.C.CC(CO)(CO)CO.CC(COCO)(COCO)COCO. The van der Waals surface area contributed by atoms with Crippen LogP contribution in [0.4, 0.5) is 0 Å². The number of rotatable bonds is 12. The van der Waals surface area contributed by atoms with Gasteiger partial charge < -0.3 is 44.8 Å². The van der Waals surface area contributed by atoms with E-state index < -0.39 is 10.8 Å². The summed E-state index contributed by atoms with van der Waals surface area (Å²) in [5.74, 6) is 0. The molecule has 9 nitrogen and oxygen atoms in total. The van der Waals surface area contributed by atoms with E-state index in [0.29, 0.717) is 0 Å². The predicted octanol–water partition coefficient (Wildman–Crippen LogP) is 2.95. The summed E-state index contributed by atoms with van der Waals surface area (Å²) in [4.78, 5) is 0. The molecule has 0 saturated heterocycles. The van der Waals surface area contributed by atoms with Gasteiger partial charge in [0.1, 0.15) is 20.4 Å². The molecule has 0 spiro atoms. The summed E-state index contributed by atoms with van der Waals surface area (Å²) in [5, 5.41) is 50.8. The van der Waals surface area contributed by atoms with Gasteiger partial charge in [-0.25, -0.2) is 0 Å². The molecule has 200 valence electrons. The normalized spacial score (nSPS) is 8.80. The fourth-order valence-electron chi connectivity index (χ4n) is 1.15. The van der Waals surface area contributed by atoms with E-state index >= 15 is 0 Å². The standard InChI is InChI=1S/C8H18O6.C5H12O3.8CH4/c1-8(2-12-5-9,3-13-6-10)4-14-7-11;1-5(2-6,3-7)4-8;;;;;;;;/h9-11H,2-7H2,1H3;6-8H,2-4H2,1H3;8*1H4. The monoisotopic (exact) mass is 458 g/mol. The van der Waals surface area contributed by atoms with Gasteiger partial charge >= 0.3 is 0 Å². The molecule has 0 saturated carbocycles. The molecule has 0 amide bonds. The topological polar surface area (TPSA) is 149 Å². The molecule has 0 aliphatic heterocycles. The minimum atomic E-state index is -0.708. The molecule has 0 radical (unpaired) electrons. The van der Waals surface area contributed by atoms with Crippen molar-refractivity contribution >= 4 is 0 Å².